The van der Waals surface area contributed by atoms with Gasteiger partial charge >= 0.3 is 0 Å². The summed E-state index contributed by atoms with van der Waals surface area (Å²) in [4.78, 5) is 11.7. The van der Waals surface area contributed by atoms with Crippen LogP contribution in [0.2, 0.25) is 0 Å². The van der Waals surface area contributed by atoms with E-state index in [-0.39, 0.29) is 30.3 Å². The van der Waals surface area contributed by atoms with Gasteiger partial charge in [-0.15, -0.1) is 0 Å². The van der Waals surface area contributed by atoms with E-state index in [9.17, 15) is 31.5 Å². The van der Waals surface area contributed by atoms with Gasteiger partial charge in [-0.25, -0.2) is 21.6 Å². The fourth-order valence-electron chi connectivity index (χ4n) is 3.24. The molecule has 0 aromatic heterocycles. The zero-order chi connectivity index (χ0) is 22.1. The molecule has 0 radical (unpaired) electrons. The quantitative estimate of drug-likeness (QED) is 0.762. The molecule has 2 aromatic rings. The number of halogens is 3. The lowest BCUT2D eigenvalue weighted by atomic mass is 10.0. The van der Waals surface area contributed by atoms with Crippen LogP contribution in [-0.2, 0) is 10.0 Å². The highest BCUT2D eigenvalue weighted by Crippen LogP contribution is 2.26. The van der Waals surface area contributed by atoms with Crippen LogP contribution in [0.3, 0.4) is 0 Å². The minimum absolute atomic E-state index is 0.0442. The Kier molecular flexibility index (Phi) is 6.49. The molecule has 0 aliphatic carbocycles. The van der Waals surface area contributed by atoms with Crippen molar-refractivity contribution >= 4 is 21.6 Å². The third kappa shape index (κ3) is 4.66. The number of carbonyl (C=O) groups is 1. The standard InChI is InChI=1S/C20H21F3N2O4S/c1-12-3-2-8-25(11-18(12)26)30(28,29)19-9-13(4-6-16(19)22)20(27)24-14-5-7-15(21)17(23)10-14/h4-7,9-10,12,18,26H,2-3,8,11H2,1H3,(H,24,27)/t12?,18-/m0/s1. The molecule has 1 heterocycles. The van der Waals surface area contributed by atoms with Crippen molar-refractivity contribution in [3.8, 4) is 0 Å². The van der Waals surface area contributed by atoms with Gasteiger partial charge in [-0.2, -0.15) is 4.31 Å². The Labute approximate surface area is 172 Å². The highest BCUT2D eigenvalue weighted by atomic mass is 32.2. The van der Waals surface area contributed by atoms with Crippen LogP contribution in [0, 0.1) is 23.4 Å². The SMILES string of the molecule is CC1CCCN(S(=O)(=O)c2cc(C(=O)Nc3ccc(F)c(F)c3)ccc2F)C[C@@H]1O. The Balaban J connectivity index is 1.88. The van der Waals surface area contributed by atoms with Gasteiger partial charge in [-0.1, -0.05) is 6.92 Å². The molecular formula is C20H21F3N2O4S. The minimum atomic E-state index is -4.30. The number of β-amino-alcohol motifs (C(OH)–C–C–N with tert-alkyl or cyclic N) is 1. The second kappa shape index (κ2) is 8.75. The van der Waals surface area contributed by atoms with Gasteiger partial charge in [0, 0.05) is 30.4 Å². The fourth-order valence-corrected chi connectivity index (χ4v) is 4.83. The molecule has 1 aliphatic rings. The summed E-state index contributed by atoms with van der Waals surface area (Å²) in [7, 11) is -4.30. The third-order valence-electron chi connectivity index (χ3n) is 5.10. The van der Waals surface area contributed by atoms with Crippen LogP contribution in [0.1, 0.15) is 30.1 Å². The number of rotatable bonds is 4. The number of aliphatic hydroxyl groups excluding tert-OH is 1. The first-order valence-electron chi connectivity index (χ1n) is 9.34. The van der Waals surface area contributed by atoms with E-state index in [0.29, 0.717) is 12.8 Å². The van der Waals surface area contributed by atoms with Crippen molar-refractivity contribution in [1.29, 1.82) is 0 Å². The van der Waals surface area contributed by atoms with Crippen molar-refractivity contribution in [3.63, 3.8) is 0 Å². The van der Waals surface area contributed by atoms with Crippen molar-refractivity contribution in [2.75, 3.05) is 18.4 Å². The molecule has 1 unspecified atom stereocenters. The smallest absolute Gasteiger partial charge is 0.255 e. The maximum atomic E-state index is 14.4. The van der Waals surface area contributed by atoms with E-state index < -0.39 is 44.4 Å². The molecule has 10 heteroatoms. The molecule has 0 bridgehead atoms. The van der Waals surface area contributed by atoms with Crippen molar-refractivity contribution in [2.24, 2.45) is 5.92 Å². The van der Waals surface area contributed by atoms with E-state index >= 15 is 0 Å². The molecule has 3 rings (SSSR count). The van der Waals surface area contributed by atoms with E-state index in [1.165, 1.54) is 0 Å². The average Bonchev–Trinajstić information content (AvgIpc) is 2.86. The fraction of sp³-hybridized carbons (Fsp3) is 0.350. The van der Waals surface area contributed by atoms with Gasteiger partial charge in [0.2, 0.25) is 10.0 Å². The first kappa shape index (κ1) is 22.3. The molecule has 6 nitrogen and oxygen atoms in total. The predicted octanol–water partition coefficient (Wildman–Crippen LogP) is 3.14. The van der Waals surface area contributed by atoms with Crippen molar-refractivity contribution in [3.05, 3.63) is 59.4 Å². The number of nitrogens with zero attached hydrogens (tertiary/aromatic N) is 1. The van der Waals surface area contributed by atoms with Crippen LogP contribution in [0.25, 0.3) is 0 Å². The van der Waals surface area contributed by atoms with Crippen molar-refractivity contribution < 1.29 is 31.5 Å². The number of anilines is 1. The van der Waals surface area contributed by atoms with Crippen LogP contribution in [0.4, 0.5) is 18.9 Å². The number of amides is 1. The number of aliphatic hydroxyl groups is 1. The van der Waals surface area contributed by atoms with E-state index in [0.717, 1.165) is 40.7 Å². The maximum Gasteiger partial charge on any atom is 0.255 e. The van der Waals surface area contributed by atoms with Crippen molar-refractivity contribution in [2.45, 2.75) is 30.8 Å². The maximum absolute atomic E-state index is 14.4. The summed E-state index contributed by atoms with van der Waals surface area (Å²) in [5.41, 5.74) is -0.222. The Hall–Kier alpha value is -2.43. The molecule has 1 saturated heterocycles. The van der Waals surface area contributed by atoms with Crippen molar-refractivity contribution in [1.82, 2.24) is 4.31 Å². The van der Waals surface area contributed by atoms with E-state index in [1.54, 1.807) is 0 Å². The first-order valence-corrected chi connectivity index (χ1v) is 10.8. The summed E-state index contributed by atoms with van der Waals surface area (Å²) >= 11 is 0. The number of hydrogen-bond acceptors (Lipinski definition) is 4. The highest BCUT2D eigenvalue weighted by molar-refractivity contribution is 7.89. The van der Waals surface area contributed by atoms with Crippen LogP contribution < -0.4 is 5.32 Å². The summed E-state index contributed by atoms with van der Waals surface area (Å²) in [5, 5.41) is 12.4. The molecule has 1 aliphatic heterocycles. The summed E-state index contributed by atoms with van der Waals surface area (Å²) in [5.74, 6) is -4.20. The number of nitrogens with one attached hydrogen (secondary N) is 1. The van der Waals surface area contributed by atoms with Crippen LogP contribution in [0.15, 0.2) is 41.3 Å². The van der Waals surface area contributed by atoms with Crippen LogP contribution >= 0.6 is 0 Å². The molecule has 2 atom stereocenters. The number of benzene rings is 2. The lowest BCUT2D eigenvalue weighted by Crippen LogP contribution is -2.38. The second-order valence-corrected chi connectivity index (χ2v) is 9.18. The number of carbonyl (C=O) groups excluding carboxylic acids is 1. The van der Waals surface area contributed by atoms with Gasteiger partial charge < -0.3 is 10.4 Å². The minimum Gasteiger partial charge on any atom is -0.391 e. The van der Waals surface area contributed by atoms with E-state index in [1.807, 2.05) is 6.92 Å². The summed E-state index contributed by atoms with van der Waals surface area (Å²) < 4.78 is 67.7. The highest BCUT2D eigenvalue weighted by Gasteiger charge is 2.33. The predicted molar refractivity (Wildman–Crippen MR) is 104 cm³/mol. The van der Waals surface area contributed by atoms with Gasteiger partial charge in [0.25, 0.3) is 5.91 Å². The monoisotopic (exact) mass is 442 g/mol. The number of hydrogen-bond donors (Lipinski definition) is 2. The van der Waals surface area contributed by atoms with Crippen LogP contribution in [0.5, 0.6) is 0 Å². The number of sulfonamides is 1. The topological polar surface area (TPSA) is 86.7 Å². The lowest BCUT2D eigenvalue weighted by Gasteiger charge is -2.23. The van der Waals surface area contributed by atoms with Gasteiger partial charge in [-0.05, 0) is 49.1 Å². The summed E-state index contributed by atoms with van der Waals surface area (Å²) in [6, 6.07) is 5.57. The molecule has 30 heavy (non-hydrogen) atoms. The average molecular weight is 442 g/mol. The molecule has 162 valence electrons. The Bertz CT molecular complexity index is 1060. The van der Waals surface area contributed by atoms with E-state index in [2.05, 4.69) is 5.32 Å². The van der Waals surface area contributed by atoms with Gasteiger partial charge in [0.1, 0.15) is 10.7 Å². The lowest BCUT2D eigenvalue weighted by molar-refractivity contribution is 0.102. The first-order chi connectivity index (χ1) is 14.1. The van der Waals surface area contributed by atoms with E-state index in [4.69, 9.17) is 0 Å². The van der Waals surface area contributed by atoms with Gasteiger partial charge in [-0.3, -0.25) is 4.79 Å². The Morgan fingerprint density at radius 1 is 1.10 bits per heavy atom. The molecule has 1 fully saturated rings. The largest absolute Gasteiger partial charge is 0.391 e. The molecule has 2 N–H and O–H groups in total. The second-order valence-electron chi connectivity index (χ2n) is 7.28. The Morgan fingerprint density at radius 3 is 2.50 bits per heavy atom. The Morgan fingerprint density at radius 2 is 1.80 bits per heavy atom. The summed E-state index contributed by atoms with van der Waals surface area (Å²) in [6.07, 6.45) is 0.257. The molecular weight excluding hydrogens is 421 g/mol. The zero-order valence-electron chi connectivity index (χ0n) is 16.1. The molecule has 2 aromatic carbocycles. The normalized spacial score (nSPS) is 20.6. The molecule has 0 spiro atoms. The third-order valence-corrected chi connectivity index (χ3v) is 6.98. The van der Waals surface area contributed by atoms with Gasteiger partial charge in [0.05, 0.1) is 6.10 Å². The molecule has 0 saturated carbocycles. The van der Waals surface area contributed by atoms with Crippen LogP contribution in [-0.4, -0.2) is 42.9 Å². The zero-order valence-corrected chi connectivity index (χ0v) is 16.9. The summed E-state index contributed by atoms with van der Waals surface area (Å²) in [6.45, 7) is 1.76. The molecule has 1 amide bonds. The van der Waals surface area contributed by atoms with Gasteiger partial charge in [0.15, 0.2) is 11.6 Å².